The molecular formula is C28H38N4O2. The number of primary amides is 1. The van der Waals surface area contributed by atoms with Crippen molar-refractivity contribution in [2.24, 2.45) is 11.7 Å². The average Bonchev–Trinajstić information content (AvgIpc) is 3.32. The van der Waals surface area contributed by atoms with E-state index in [1.165, 1.54) is 0 Å². The second-order valence-electron chi connectivity index (χ2n) is 8.98. The van der Waals surface area contributed by atoms with E-state index in [9.17, 15) is 9.59 Å². The summed E-state index contributed by atoms with van der Waals surface area (Å²) >= 11 is 0. The van der Waals surface area contributed by atoms with Crippen LogP contribution in [0.15, 0.2) is 72.9 Å². The summed E-state index contributed by atoms with van der Waals surface area (Å²) < 4.78 is 0. The maximum Gasteiger partial charge on any atom is 0.237 e. The van der Waals surface area contributed by atoms with Crippen LogP contribution in [0.1, 0.15) is 43.7 Å². The molecule has 6 heteroatoms. The van der Waals surface area contributed by atoms with Crippen LogP contribution in [-0.4, -0.2) is 49.4 Å². The van der Waals surface area contributed by atoms with E-state index in [-0.39, 0.29) is 17.7 Å². The van der Waals surface area contributed by atoms with Crippen molar-refractivity contribution in [1.29, 1.82) is 0 Å². The highest BCUT2D eigenvalue weighted by Crippen LogP contribution is 2.43. The van der Waals surface area contributed by atoms with Crippen molar-refractivity contribution in [3.63, 3.8) is 0 Å². The van der Waals surface area contributed by atoms with Crippen LogP contribution in [-0.2, 0) is 15.0 Å². The van der Waals surface area contributed by atoms with Crippen LogP contribution in [0.4, 0.5) is 0 Å². The maximum absolute atomic E-state index is 13.1. The normalized spacial score (nSPS) is 16.7. The lowest BCUT2D eigenvalue weighted by molar-refractivity contribution is -0.124. The van der Waals surface area contributed by atoms with E-state index in [0.717, 1.165) is 63.0 Å². The van der Waals surface area contributed by atoms with E-state index in [0.29, 0.717) is 6.54 Å². The van der Waals surface area contributed by atoms with E-state index in [4.69, 9.17) is 5.73 Å². The fourth-order valence-corrected chi connectivity index (χ4v) is 5.01. The Bertz CT molecular complexity index is 890. The first-order valence-electron chi connectivity index (χ1n) is 12.4. The Kier molecular flexibility index (Phi) is 9.86. The van der Waals surface area contributed by atoms with Crippen LogP contribution in [0.2, 0.25) is 0 Å². The first-order chi connectivity index (χ1) is 16.6. The van der Waals surface area contributed by atoms with Crippen LogP contribution in [0.25, 0.3) is 0 Å². The van der Waals surface area contributed by atoms with Crippen LogP contribution < -0.4 is 16.4 Å². The lowest BCUT2D eigenvalue weighted by Gasteiger charge is -2.37. The number of amides is 2. The van der Waals surface area contributed by atoms with E-state index < -0.39 is 5.41 Å². The summed E-state index contributed by atoms with van der Waals surface area (Å²) in [5, 5.41) is 5.88. The summed E-state index contributed by atoms with van der Waals surface area (Å²) in [7, 11) is 0. The Balaban J connectivity index is 1.59. The molecule has 3 rings (SSSR count). The molecule has 0 aliphatic carbocycles. The molecule has 1 heterocycles. The number of hydrogen-bond acceptors (Lipinski definition) is 4. The van der Waals surface area contributed by atoms with Crippen LogP contribution in [0.3, 0.4) is 0 Å². The number of benzene rings is 2. The quantitative estimate of drug-likeness (QED) is 0.399. The molecule has 1 fully saturated rings. The molecule has 1 atom stereocenters. The third-order valence-electron chi connectivity index (χ3n) is 6.65. The number of nitrogens with two attached hydrogens (primary N) is 1. The summed E-state index contributed by atoms with van der Waals surface area (Å²) in [5.74, 6) is -0.194. The second-order valence-corrected chi connectivity index (χ2v) is 8.98. The molecule has 2 aromatic carbocycles. The van der Waals surface area contributed by atoms with Gasteiger partial charge in [0.05, 0.1) is 6.54 Å². The smallest absolute Gasteiger partial charge is 0.237 e. The Morgan fingerprint density at radius 2 is 1.74 bits per heavy atom. The highest BCUT2D eigenvalue weighted by Gasteiger charge is 2.49. The molecule has 1 saturated heterocycles. The molecule has 6 nitrogen and oxygen atoms in total. The monoisotopic (exact) mass is 462 g/mol. The Labute approximate surface area is 203 Å². The predicted octanol–water partition coefficient (Wildman–Crippen LogP) is 3.19. The van der Waals surface area contributed by atoms with Gasteiger partial charge in [-0.25, -0.2) is 0 Å². The van der Waals surface area contributed by atoms with Crippen molar-refractivity contribution < 1.29 is 9.59 Å². The highest BCUT2D eigenvalue weighted by atomic mass is 16.2. The number of nitrogens with zero attached hydrogens (tertiary/aromatic N) is 1. The third kappa shape index (κ3) is 6.33. The first kappa shape index (κ1) is 25.7. The minimum absolute atomic E-state index is 0.0169. The molecule has 182 valence electrons. The largest absolute Gasteiger partial charge is 0.369 e. The van der Waals surface area contributed by atoms with E-state index in [2.05, 4.69) is 22.5 Å². The van der Waals surface area contributed by atoms with E-state index >= 15 is 0 Å². The SMILES string of the molecule is CCCNCC(=O)N/C=C/CCCN1CC[C@@H](C(C(N)=O)(c2ccccc2)c2ccccc2)C1. The summed E-state index contributed by atoms with van der Waals surface area (Å²) in [5.41, 5.74) is 7.26. The summed E-state index contributed by atoms with van der Waals surface area (Å²) in [6.45, 7) is 5.99. The molecular weight excluding hydrogens is 424 g/mol. The fourth-order valence-electron chi connectivity index (χ4n) is 5.01. The van der Waals surface area contributed by atoms with E-state index in [1.807, 2.05) is 66.7 Å². The number of allylic oxidation sites excluding steroid dienone is 1. The molecule has 2 amide bonds. The van der Waals surface area contributed by atoms with Crippen LogP contribution >= 0.6 is 0 Å². The molecule has 34 heavy (non-hydrogen) atoms. The lowest BCUT2D eigenvalue weighted by atomic mass is 9.64. The Hall–Kier alpha value is -2.96. The van der Waals surface area contributed by atoms with Crippen LogP contribution in [0.5, 0.6) is 0 Å². The average molecular weight is 463 g/mol. The van der Waals surface area contributed by atoms with Gasteiger partial charge >= 0.3 is 0 Å². The van der Waals surface area contributed by atoms with Crippen molar-refractivity contribution in [2.75, 3.05) is 32.7 Å². The van der Waals surface area contributed by atoms with Crippen LogP contribution in [0, 0.1) is 5.92 Å². The predicted molar refractivity (Wildman–Crippen MR) is 137 cm³/mol. The highest BCUT2D eigenvalue weighted by molar-refractivity contribution is 5.91. The zero-order valence-electron chi connectivity index (χ0n) is 20.2. The summed E-state index contributed by atoms with van der Waals surface area (Å²) in [6, 6.07) is 20.0. The molecule has 0 saturated carbocycles. The third-order valence-corrected chi connectivity index (χ3v) is 6.65. The van der Waals surface area contributed by atoms with E-state index in [1.54, 1.807) is 6.20 Å². The van der Waals surface area contributed by atoms with Gasteiger partial charge in [0.1, 0.15) is 5.41 Å². The summed E-state index contributed by atoms with van der Waals surface area (Å²) in [6.07, 6.45) is 7.56. The molecule has 1 aliphatic rings. The van der Waals surface area contributed by atoms with Crippen molar-refractivity contribution in [3.05, 3.63) is 84.1 Å². The lowest BCUT2D eigenvalue weighted by Crippen LogP contribution is -2.49. The molecule has 0 radical (unpaired) electrons. The van der Waals surface area contributed by atoms with Gasteiger partial charge in [-0.2, -0.15) is 0 Å². The Morgan fingerprint density at radius 3 is 2.32 bits per heavy atom. The first-order valence-corrected chi connectivity index (χ1v) is 12.4. The number of hydrogen-bond donors (Lipinski definition) is 3. The maximum atomic E-state index is 13.1. The van der Waals surface area contributed by atoms with Gasteiger partial charge in [0.2, 0.25) is 11.8 Å². The molecule has 0 bridgehead atoms. The second kappa shape index (κ2) is 13.1. The zero-order valence-corrected chi connectivity index (χ0v) is 20.2. The van der Waals surface area contributed by atoms with Gasteiger partial charge in [-0.05, 0) is 68.6 Å². The van der Waals surface area contributed by atoms with Gasteiger partial charge in [-0.3, -0.25) is 9.59 Å². The Morgan fingerprint density at radius 1 is 1.09 bits per heavy atom. The van der Waals surface area contributed by atoms with Crippen molar-refractivity contribution in [2.45, 2.75) is 38.0 Å². The van der Waals surface area contributed by atoms with Crippen molar-refractivity contribution in [3.8, 4) is 0 Å². The molecule has 1 aliphatic heterocycles. The van der Waals surface area contributed by atoms with Gasteiger partial charge in [0, 0.05) is 6.54 Å². The number of nitrogens with one attached hydrogen (secondary N) is 2. The van der Waals surface area contributed by atoms with Crippen molar-refractivity contribution >= 4 is 11.8 Å². The van der Waals surface area contributed by atoms with Gasteiger partial charge in [0.15, 0.2) is 0 Å². The topological polar surface area (TPSA) is 87.5 Å². The molecule has 0 spiro atoms. The number of carbonyl (C=O) groups excluding carboxylic acids is 2. The van der Waals surface area contributed by atoms with Gasteiger partial charge in [-0.15, -0.1) is 0 Å². The van der Waals surface area contributed by atoms with Gasteiger partial charge < -0.3 is 21.3 Å². The minimum atomic E-state index is -0.840. The minimum Gasteiger partial charge on any atom is -0.369 e. The molecule has 2 aromatic rings. The van der Waals surface area contributed by atoms with Gasteiger partial charge in [0.25, 0.3) is 0 Å². The molecule has 4 N–H and O–H groups in total. The fraction of sp³-hybridized carbons (Fsp3) is 0.429. The van der Waals surface area contributed by atoms with Crippen molar-refractivity contribution in [1.82, 2.24) is 15.5 Å². The zero-order chi connectivity index (χ0) is 24.2. The standard InChI is InChI=1S/C28H38N4O2/c1-2-17-30-21-26(33)31-18-10-5-11-19-32-20-16-25(22-32)28(27(29)34,23-12-6-3-7-13-23)24-14-8-4-9-15-24/h3-4,6-10,12-15,18,25,30H,2,5,11,16-17,19-22H2,1H3,(H2,29,34)(H,31,33)/b18-10+/t25-/m1/s1. The molecule has 0 unspecified atom stereocenters. The number of likely N-dealkylation sites (tertiary alicyclic amines) is 1. The number of rotatable bonds is 13. The summed E-state index contributed by atoms with van der Waals surface area (Å²) in [4.78, 5) is 27.3. The molecule has 0 aromatic heterocycles. The van der Waals surface area contributed by atoms with Gasteiger partial charge in [-0.1, -0.05) is 73.7 Å². The number of unbranched alkanes of at least 4 members (excludes halogenated alkanes) is 1. The number of carbonyl (C=O) groups is 2.